The summed E-state index contributed by atoms with van der Waals surface area (Å²) in [5.41, 5.74) is 4.65. The molecule has 7 rings (SSSR count). The maximum absolute atomic E-state index is 11.2. The van der Waals surface area contributed by atoms with Crippen LogP contribution in [0.2, 0.25) is 0 Å². The minimum Gasteiger partial charge on any atom is -0.390 e. The van der Waals surface area contributed by atoms with Crippen LogP contribution in [0.5, 0.6) is 0 Å². The van der Waals surface area contributed by atoms with Crippen LogP contribution in [0.15, 0.2) is 117 Å². The first kappa shape index (κ1) is 27.8. The van der Waals surface area contributed by atoms with E-state index in [9.17, 15) is 10.2 Å². The van der Waals surface area contributed by atoms with E-state index in [1.54, 1.807) is 23.5 Å². The van der Waals surface area contributed by atoms with Gasteiger partial charge in [-0.05, 0) is 48.5 Å². The van der Waals surface area contributed by atoms with Crippen molar-refractivity contribution in [3.05, 3.63) is 97.1 Å². The number of anilines is 4. The Balaban J connectivity index is 0.937. The summed E-state index contributed by atoms with van der Waals surface area (Å²) < 4.78 is 0. The first-order valence-corrected chi connectivity index (χ1v) is 16.3. The number of β-amino-alcohol motifs (C(OH)–C–C–N with tert-alkyl or cyclic N) is 2. The lowest BCUT2D eigenvalue weighted by Gasteiger charge is -2.39. The Labute approximate surface area is 256 Å². The molecule has 216 valence electrons. The predicted octanol–water partition coefficient (Wildman–Crippen LogP) is 5.93. The second-order valence-corrected chi connectivity index (χ2v) is 13.4. The highest BCUT2D eigenvalue weighted by Crippen LogP contribution is 2.49. The van der Waals surface area contributed by atoms with Gasteiger partial charge in [-0.25, -0.2) is 0 Å². The van der Waals surface area contributed by atoms with Gasteiger partial charge in [0.1, 0.15) is 0 Å². The lowest BCUT2D eigenvalue weighted by Crippen LogP contribution is -2.52. The highest BCUT2D eigenvalue weighted by Gasteiger charge is 2.28. The average molecular weight is 597 g/mol. The van der Waals surface area contributed by atoms with Crippen molar-refractivity contribution in [2.24, 2.45) is 0 Å². The third kappa shape index (κ3) is 5.80. The van der Waals surface area contributed by atoms with E-state index < -0.39 is 12.2 Å². The van der Waals surface area contributed by atoms with Crippen molar-refractivity contribution in [2.45, 2.75) is 31.8 Å². The third-order valence-electron chi connectivity index (χ3n) is 8.25. The Kier molecular flexibility index (Phi) is 8.17. The number of benzene rings is 4. The van der Waals surface area contributed by atoms with Crippen LogP contribution >= 0.6 is 23.5 Å². The first-order chi connectivity index (χ1) is 20.6. The van der Waals surface area contributed by atoms with E-state index in [1.165, 1.54) is 19.6 Å². The molecule has 0 aromatic heterocycles. The van der Waals surface area contributed by atoms with E-state index >= 15 is 0 Å². The monoisotopic (exact) mass is 596 g/mol. The van der Waals surface area contributed by atoms with Gasteiger partial charge in [0.25, 0.3) is 0 Å². The number of rotatable bonds is 8. The van der Waals surface area contributed by atoms with Gasteiger partial charge in [-0.2, -0.15) is 0 Å². The van der Waals surface area contributed by atoms with Crippen molar-refractivity contribution in [3.63, 3.8) is 0 Å². The van der Waals surface area contributed by atoms with Gasteiger partial charge in [-0.1, -0.05) is 72.1 Å². The summed E-state index contributed by atoms with van der Waals surface area (Å²) in [7, 11) is 0. The number of hydrogen-bond acceptors (Lipinski definition) is 8. The van der Waals surface area contributed by atoms with Gasteiger partial charge in [-0.3, -0.25) is 9.80 Å². The van der Waals surface area contributed by atoms with Crippen LogP contribution in [0.25, 0.3) is 0 Å². The van der Waals surface area contributed by atoms with Gasteiger partial charge in [0.2, 0.25) is 0 Å². The van der Waals surface area contributed by atoms with Crippen LogP contribution in [0.3, 0.4) is 0 Å². The number of para-hydroxylation sites is 4. The minimum atomic E-state index is -0.469. The maximum Gasteiger partial charge on any atom is 0.0845 e. The zero-order chi connectivity index (χ0) is 28.5. The molecule has 0 spiro atoms. The number of aliphatic hydroxyl groups is 2. The summed E-state index contributed by atoms with van der Waals surface area (Å²) in [6.45, 7) is 5.96. The minimum absolute atomic E-state index is 0.469. The van der Waals surface area contributed by atoms with Gasteiger partial charge >= 0.3 is 0 Å². The summed E-state index contributed by atoms with van der Waals surface area (Å²) in [5.74, 6) is 0. The SMILES string of the molecule is OC(CN1CCN(CC(O)CN2c3ccccc3Sc3ccccc32)CC1)CN1c2ccccc2Sc2ccccc21. The fourth-order valence-corrected chi connectivity index (χ4v) is 8.43. The van der Waals surface area contributed by atoms with Crippen LogP contribution in [0.4, 0.5) is 22.7 Å². The van der Waals surface area contributed by atoms with Crippen molar-refractivity contribution in [3.8, 4) is 0 Å². The van der Waals surface area contributed by atoms with E-state index in [0.717, 1.165) is 48.9 Å². The quantitative estimate of drug-likeness (QED) is 0.260. The molecule has 42 heavy (non-hydrogen) atoms. The summed E-state index contributed by atoms with van der Waals surface area (Å²) in [6, 6.07) is 33.8. The van der Waals surface area contributed by atoms with E-state index in [0.29, 0.717) is 26.2 Å². The van der Waals surface area contributed by atoms with Crippen molar-refractivity contribution < 1.29 is 10.2 Å². The van der Waals surface area contributed by atoms with Crippen molar-refractivity contribution in [2.75, 3.05) is 62.2 Å². The Bertz CT molecular complexity index is 1340. The van der Waals surface area contributed by atoms with Crippen LogP contribution in [0, 0.1) is 0 Å². The largest absolute Gasteiger partial charge is 0.390 e. The molecular weight excluding hydrogens is 561 g/mol. The highest BCUT2D eigenvalue weighted by atomic mass is 32.2. The lowest BCUT2D eigenvalue weighted by molar-refractivity contribution is 0.0529. The molecule has 2 unspecified atom stereocenters. The maximum atomic E-state index is 11.2. The van der Waals surface area contributed by atoms with Gasteiger partial charge < -0.3 is 20.0 Å². The molecule has 8 heteroatoms. The normalized spacial score (nSPS) is 18.0. The number of nitrogens with zero attached hydrogens (tertiary/aromatic N) is 4. The summed E-state index contributed by atoms with van der Waals surface area (Å²) in [4.78, 5) is 14.2. The molecule has 1 fully saturated rings. The second kappa shape index (κ2) is 12.3. The van der Waals surface area contributed by atoms with Gasteiger partial charge in [0.05, 0.1) is 48.0 Å². The molecule has 3 heterocycles. The molecule has 2 atom stereocenters. The zero-order valence-electron chi connectivity index (χ0n) is 23.5. The second-order valence-electron chi connectivity index (χ2n) is 11.2. The van der Waals surface area contributed by atoms with Gasteiger partial charge in [-0.15, -0.1) is 0 Å². The molecule has 3 aliphatic heterocycles. The lowest BCUT2D eigenvalue weighted by atomic mass is 10.1. The van der Waals surface area contributed by atoms with E-state index in [2.05, 4.69) is 117 Å². The Morgan fingerprint density at radius 1 is 0.452 bits per heavy atom. The predicted molar refractivity (Wildman–Crippen MR) is 173 cm³/mol. The van der Waals surface area contributed by atoms with E-state index in [1.807, 2.05) is 0 Å². The smallest absolute Gasteiger partial charge is 0.0845 e. The summed E-state index contributed by atoms with van der Waals surface area (Å²) in [6.07, 6.45) is -0.938. The van der Waals surface area contributed by atoms with E-state index in [-0.39, 0.29) is 0 Å². The number of aliphatic hydroxyl groups excluding tert-OH is 2. The summed E-state index contributed by atoms with van der Waals surface area (Å²) in [5, 5.41) is 22.4. The molecular formula is C34H36N4O2S2. The van der Waals surface area contributed by atoms with Gasteiger partial charge in [0, 0.05) is 58.9 Å². The fourth-order valence-electron chi connectivity index (χ4n) is 6.24. The molecule has 0 aliphatic carbocycles. The first-order valence-electron chi connectivity index (χ1n) is 14.7. The molecule has 2 N–H and O–H groups in total. The molecule has 0 radical (unpaired) electrons. The average Bonchev–Trinajstić information content (AvgIpc) is 3.02. The molecule has 0 amide bonds. The molecule has 0 saturated carbocycles. The third-order valence-corrected chi connectivity index (χ3v) is 10.5. The Morgan fingerprint density at radius 2 is 0.738 bits per heavy atom. The standard InChI is InChI=1S/C34H36N4O2S2/c39-25(23-37-27-9-1-5-13-31(27)41-32-14-6-2-10-28(32)37)21-35-17-19-36(20-18-35)22-26(40)24-38-29-11-3-7-15-33(29)42-34-16-8-4-12-30(34)38/h1-16,25-26,39-40H,17-24H2. The van der Waals surface area contributed by atoms with Crippen molar-refractivity contribution in [1.29, 1.82) is 0 Å². The van der Waals surface area contributed by atoms with Crippen molar-refractivity contribution >= 4 is 46.3 Å². The molecule has 1 saturated heterocycles. The zero-order valence-corrected chi connectivity index (χ0v) is 25.2. The molecule has 4 aromatic carbocycles. The number of piperazine rings is 1. The molecule has 3 aliphatic rings. The van der Waals surface area contributed by atoms with Crippen LogP contribution in [-0.2, 0) is 0 Å². The summed E-state index contributed by atoms with van der Waals surface area (Å²) >= 11 is 3.59. The van der Waals surface area contributed by atoms with E-state index in [4.69, 9.17) is 0 Å². The van der Waals surface area contributed by atoms with Crippen LogP contribution in [0.1, 0.15) is 0 Å². The Morgan fingerprint density at radius 3 is 1.05 bits per heavy atom. The van der Waals surface area contributed by atoms with Crippen LogP contribution in [-0.4, -0.2) is 84.6 Å². The number of fused-ring (bicyclic) bond motifs is 4. The Hall–Kier alpha value is -2.98. The fraction of sp³-hybridized carbons (Fsp3) is 0.294. The van der Waals surface area contributed by atoms with Crippen molar-refractivity contribution in [1.82, 2.24) is 9.80 Å². The highest BCUT2D eigenvalue weighted by molar-refractivity contribution is 8.00. The molecule has 0 bridgehead atoms. The number of hydrogen-bond donors (Lipinski definition) is 2. The van der Waals surface area contributed by atoms with Gasteiger partial charge in [0.15, 0.2) is 0 Å². The van der Waals surface area contributed by atoms with Crippen LogP contribution < -0.4 is 9.80 Å². The molecule has 6 nitrogen and oxygen atoms in total. The molecule has 4 aromatic rings. The topological polar surface area (TPSA) is 53.4 Å².